The Kier molecular flexibility index (Phi) is 9.88. The molecule has 1 aliphatic heterocycles. The topological polar surface area (TPSA) is 39.7 Å². The van der Waals surface area contributed by atoms with Crippen molar-refractivity contribution in [1.82, 2.24) is 5.32 Å². The summed E-state index contributed by atoms with van der Waals surface area (Å²) < 4.78 is 18.0. The van der Waals surface area contributed by atoms with E-state index in [-0.39, 0.29) is 6.10 Å². The van der Waals surface area contributed by atoms with Crippen molar-refractivity contribution in [2.75, 3.05) is 39.2 Å². The van der Waals surface area contributed by atoms with E-state index in [4.69, 9.17) is 14.2 Å². The second-order valence-corrected chi connectivity index (χ2v) is 9.44. The molecule has 1 heterocycles. The number of piperidine rings is 1. The minimum Gasteiger partial charge on any atom is -0.491 e. The van der Waals surface area contributed by atoms with Gasteiger partial charge in [-0.15, -0.1) is 11.8 Å². The van der Waals surface area contributed by atoms with Crippen LogP contribution in [0.15, 0.2) is 83.8 Å². The lowest BCUT2D eigenvalue weighted by Gasteiger charge is -2.32. The van der Waals surface area contributed by atoms with Gasteiger partial charge in [-0.25, -0.2) is 0 Å². The Labute approximate surface area is 208 Å². The lowest BCUT2D eigenvalue weighted by molar-refractivity contribution is 0.0106. The molecule has 180 valence electrons. The molecule has 0 amide bonds. The van der Waals surface area contributed by atoms with Crippen LogP contribution in [-0.4, -0.2) is 45.3 Å². The van der Waals surface area contributed by atoms with Crippen molar-refractivity contribution in [3.8, 4) is 5.75 Å². The third kappa shape index (κ3) is 7.60. The molecule has 4 nitrogen and oxygen atoms in total. The highest BCUT2D eigenvalue weighted by Gasteiger charge is 2.27. The third-order valence-corrected chi connectivity index (χ3v) is 6.98. The van der Waals surface area contributed by atoms with E-state index >= 15 is 0 Å². The van der Waals surface area contributed by atoms with Gasteiger partial charge in [-0.3, -0.25) is 0 Å². The molecule has 34 heavy (non-hydrogen) atoms. The van der Waals surface area contributed by atoms with E-state index in [9.17, 15) is 0 Å². The van der Waals surface area contributed by atoms with Crippen LogP contribution in [0.5, 0.6) is 5.75 Å². The number of rotatable bonds is 12. The van der Waals surface area contributed by atoms with Gasteiger partial charge in [-0.1, -0.05) is 54.6 Å². The number of hydrogen-bond acceptors (Lipinski definition) is 5. The second-order valence-electron chi connectivity index (χ2n) is 8.56. The van der Waals surface area contributed by atoms with Gasteiger partial charge in [0, 0.05) is 17.4 Å². The fourth-order valence-electron chi connectivity index (χ4n) is 4.28. The lowest BCUT2D eigenvalue weighted by Crippen LogP contribution is -2.40. The molecule has 5 heteroatoms. The summed E-state index contributed by atoms with van der Waals surface area (Å²) >= 11 is 1.76. The van der Waals surface area contributed by atoms with Crippen molar-refractivity contribution < 1.29 is 14.2 Å². The molecule has 3 aromatic carbocycles. The molecule has 0 saturated carbocycles. The Bertz CT molecular complexity index is 963. The molecule has 2 unspecified atom stereocenters. The fourth-order valence-corrected chi connectivity index (χ4v) is 4.69. The van der Waals surface area contributed by atoms with Crippen LogP contribution >= 0.6 is 11.8 Å². The largest absolute Gasteiger partial charge is 0.491 e. The monoisotopic (exact) mass is 477 g/mol. The van der Waals surface area contributed by atoms with Crippen molar-refractivity contribution in [2.45, 2.75) is 36.4 Å². The summed E-state index contributed by atoms with van der Waals surface area (Å²) in [4.78, 5) is 1.28. The normalized spacial score (nSPS) is 18.0. The Hall–Kier alpha value is -2.31. The van der Waals surface area contributed by atoms with E-state index in [1.54, 1.807) is 11.8 Å². The van der Waals surface area contributed by atoms with Crippen LogP contribution in [0.25, 0.3) is 0 Å². The van der Waals surface area contributed by atoms with Gasteiger partial charge < -0.3 is 19.5 Å². The zero-order valence-corrected chi connectivity index (χ0v) is 20.8. The SMILES string of the molecule is CSc1ccc(COC2CNCCC2c2ccc(OCCOCCc3ccccc3)cc2)cc1. The van der Waals surface area contributed by atoms with Gasteiger partial charge in [0.1, 0.15) is 12.4 Å². The van der Waals surface area contributed by atoms with E-state index in [0.29, 0.717) is 32.3 Å². The summed E-state index contributed by atoms with van der Waals surface area (Å²) in [6.07, 6.45) is 4.27. The molecule has 0 radical (unpaired) electrons. The Balaban J connectivity index is 1.21. The number of nitrogens with one attached hydrogen (secondary N) is 1. The molecule has 1 N–H and O–H groups in total. The van der Waals surface area contributed by atoms with Gasteiger partial charge >= 0.3 is 0 Å². The molecule has 0 bridgehead atoms. The van der Waals surface area contributed by atoms with Crippen LogP contribution in [0.1, 0.15) is 29.0 Å². The molecule has 3 aromatic rings. The minimum absolute atomic E-state index is 0.166. The zero-order chi connectivity index (χ0) is 23.4. The maximum absolute atomic E-state index is 6.36. The Morgan fingerprint density at radius 1 is 0.853 bits per heavy atom. The fraction of sp³-hybridized carbons (Fsp3) is 0.379. The van der Waals surface area contributed by atoms with Gasteiger partial charge in [0.15, 0.2) is 0 Å². The quantitative estimate of drug-likeness (QED) is 0.267. The van der Waals surface area contributed by atoms with E-state index in [1.165, 1.54) is 21.6 Å². The summed E-state index contributed by atoms with van der Waals surface area (Å²) in [5.41, 5.74) is 3.83. The molecule has 1 aliphatic rings. The van der Waals surface area contributed by atoms with Crippen LogP contribution < -0.4 is 10.1 Å². The molecule has 1 saturated heterocycles. The molecule has 0 aliphatic carbocycles. The lowest BCUT2D eigenvalue weighted by atomic mass is 9.87. The average molecular weight is 478 g/mol. The van der Waals surface area contributed by atoms with E-state index < -0.39 is 0 Å². The van der Waals surface area contributed by atoms with Crippen molar-refractivity contribution in [2.24, 2.45) is 0 Å². The Morgan fingerprint density at radius 2 is 1.65 bits per heavy atom. The van der Waals surface area contributed by atoms with Gasteiger partial charge in [-0.2, -0.15) is 0 Å². The first-order valence-corrected chi connectivity index (χ1v) is 13.3. The first-order chi connectivity index (χ1) is 16.8. The molecule has 1 fully saturated rings. The highest BCUT2D eigenvalue weighted by atomic mass is 32.2. The first-order valence-electron chi connectivity index (χ1n) is 12.1. The standard InChI is InChI=1S/C29H35NO3S/c1-34-27-13-7-24(8-14-27)22-33-29-21-30-17-15-28(29)25-9-11-26(12-10-25)32-20-19-31-18-16-23-5-3-2-4-6-23/h2-14,28-30H,15-22H2,1H3. The van der Waals surface area contributed by atoms with Gasteiger partial charge in [-0.05, 0) is 66.6 Å². The summed E-state index contributed by atoms with van der Waals surface area (Å²) in [5, 5.41) is 3.49. The van der Waals surface area contributed by atoms with Crippen molar-refractivity contribution >= 4 is 11.8 Å². The first kappa shape index (κ1) is 24.8. The van der Waals surface area contributed by atoms with Gasteiger partial charge in [0.2, 0.25) is 0 Å². The van der Waals surface area contributed by atoms with Crippen LogP contribution in [0.2, 0.25) is 0 Å². The Morgan fingerprint density at radius 3 is 2.41 bits per heavy atom. The summed E-state index contributed by atoms with van der Waals surface area (Å²) in [5.74, 6) is 1.28. The summed E-state index contributed by atoms with van der Waals surface area (Å²) in [7, 11) is 0. The van der Waals surface area contributed by atoms with Crippen molar-refractivity contribution in [3.05, 3.63) is 95.6 Å². The molecule has 4 rings (SSSR count). The maximum Gasteiger partial charge on any atom is 0.119 e. The zero-order valence-electron chi connectivity index (χ0n) is 20.0. The number of hydrogen-bond donors (Lipinski definition) is 1. The highest BCUT2D eigenvalue weighted by molar-refractivity contribution is 7.98. The van der Waals surface area contributed by atoms with Crippen molar-refractivity contribution in [1.29, 1.82) is 0 Å². The number of ether oxygens (including phenoxy) is 3. The predicted octanol–water partition coefficient (Wildman–Crippen LogP) is 5.71. The predicted molar refractivity (Wildman–Crippen MR) is 140 cm³/mol. The maximum atomic E-state index is 6.36. The molecule has 0 spiro atoms. The van der Waals surface area contributed by atoms with Crippen LogP contribution in [0.4, 0.5) is 0 Å². The van der Waals surface area contributed by atoms with Crippen LogP contribution in [0, 0.1) is 0 Å². The van der Waals surface area contributed by atoms with Crippen LogP contribution in [-0.2, 0) is 22.5 Å². The van der Waals surface area contributed by atoms with Gasteiger partial charge in [0.05, 0.1) is 25.9 Å². The minimum atomic E-state index is 0.166. The average Bonchev–Trinajstić information content (AvgIpc) is 2.91. The summed E-state index contributed by atoms with van der Waals surface area (Å²) in [6, 6.07) is 27.6. The van der Waals surface area contributed by atoms with E-state index in [2.05, 4.69) is 84.4 Å². The molecular formula is C29H35NO3S. The van der Waals surface area contributed by atoms with Crippen LogP contribution in [0.3, 0.4) is 0 Å². The highest BCUT2D eigenvalue weighted by Crippen LogP contribution is 2.30. The molecule has 2 atom stereocenters. The number of thioether (sulfide) groups is 1. The molecule has 0 aromatic heterocycles. The smallest absolute Gasteiger partial charge is 0.119 e. The third-order valence-electron chi connectivity index (χ3n) is 6.23. The van der Waals surface area contributed by atoms with Crippen molar-refractivity contribution in [3.63, 3.8) is 0 Å². The van der Waals surface area contributed by atoms with E-state index in [0.717, 1.165) is 31.7 Å². The number of benzene rings is 3. The summed E-state index contributed by atoms with van der Waals surface area (Å²) in [6.45, 7) is 4.41. The van der Waals surface area contributed by atoms with E-state index in [1.807, 2.05) is 6.07 Å². The second kappa shape index (κ2) is 13.5. The van der Waals surface area contributed by atoms with Gasteiger partial charge in [0.25, 0.3) is 0 Å². The molecular weight excluding hydrogens is 442 g/mol.